The average Bonchev–Trinajstić information content (AvgIpc) is 2.76. The number of nitriles is 1. The predicted molar refractivity (Wildman–Crippen MR) is 73.1 cm³/mol. The number of hydrogen-bond acceptors (Lipinski definition) is 2. The summed E-state index contributed by atoms with van der Waals surface area (Å²) >= 11 is 3.40. The highest BCUT2D eigenvalue weighted by atomic mass is 79.9. The van der Waals surface area contributed by atoms with E-state index in [0.717, 1.165) is 29.3 Å². The van der Waals surface area contributed by atoms with Crippen LogP contribution in [0.3, 0.4) is 0 Å². The zero-order valence-electron chi connectivity index (χ0n) is 10.2. The molecule has 1 saturated carbocycles. The summed E-state index contributed by atoms with van der Waals surface area (Å²) in [5.74, 6) is -0.146. The first-order valence-electron chi connectivity index (χ1n) is 6.08. The van der Waals surface area contributed by atoms with Crippen molar-refractivity contribution in [2.45, 2.75) is 32.2 Å². The first-order valence-corrected chi connectivity index (χ1v) is 6.87. The summed E-state index contributed by atoms with van der Waals surface area (Å²) in [4.78, 5) is 12.1. The minimum Gasteiger partial charge on any atom is -0.348 e. The normalized spacial score (nSPS) is 22.5. The first kappa shape index (κ1) is 13.1. The van der Waals surface area contributed by atoms with Crippen molar-refractivity contribution < 1.29 is 4.79 Å². The molecule has 2 unspecified atom stereocenters. The van der Waals surface area contributed by atoms with Crippen LogP contribution < -0.4 is 5.32 Å². The SMILES string of the molecule is Cc1ccc(C(=O)NC2CCCC2C#N)c(Br)c1. The van der Waals surface area contributed by atoms with Crippen molar-refractivity contribution in [1.29, 1.82) is 5.26 Å². The molecule has 3 nitrogen and oxygen atoms in total. The average molecular weight is 307 g/mol. The number of nitrogens with one attached hydrogen (secondary N) is 1. The fraction of sp³-hybridized carbons (Fsp3) is 0.429. The van der Waals surface area contributed by atoms with Gasteiger partial charge in [0.25, 0.3) is 5.91 Å². The second-order valence-electron chi connectivity index (χ2n) is 4.73. The molecule has 18 heavy (non-hydrogen) atoms. The van der Waals surface area contributed by atoms with Crippen LogP contribution in [0.1, 0.15) is 35.2 Å². The Morgan fingerprint density at radius 3 is 2.94 bits per heavy atom. The fourth-order valence-corrected chi connectivity index (χ4v) is 3.01. The van der Waals surface area contributed by atoms with E-state index in [1.807, 2.05) is 25.1 Å². The van der Waals surface area contributed by atoms with Crippen molar-refractivity contribution in [3.05, 3.63) is 33.8 Å². The van der Waals surface area contributed by atoms with Crippen molar-refractivity contribution in [3.8, 4) is 6.07 Å². The molecule has 1 aromatic rings. The molecule has 1 fully saturated rings. The van der Waals surface area contributed by atoms with Gasteiger partial charge in [0.05, 0.1) is 17.6 Å². The molecule has 2 rings (SSSR count). The van der Waals surface area contributed by atoms with Crippen molar-refractivity contribution in [3.63, 3.8) is 0 Å². The molecule has 1 N–H and O–H groups in total. The van der Waals surface area contributed by atoms with Crippen LogP contribution in [0.25, 0.3) is 0 Å². The lowest BCUT2D eigenvalue weighted by atomic mass is 10.0. The molecule has 0 radical (unpaired) electrons. The van der Waals surface area contributed by atoms with Gasteiger partial charge in [0.1, 0.15) is 0 Å². The van der Waals surface area contributed by atoms with Crippen molar-refractivity contribution in [2.75, 3.05) is 0 Å². The topological polar surface area (TPSA) is 52.9 Å². The van der Waals surface area contributed by atoms with E-state index < -0.39 is 0 Å². The first-order chi connectivity index (χ1) is 8.61. The number of aryl methyl sites for hydroxylation is 1. The van der Waals surface area contributed by atoms with Crippen LogP contribution in [0.4, 0.5) is 0 Å². The van der Waals surface area contributed by atoms with Gasteiger partial charge in [-0.25, -0.2) is 0 Å². The van der Waals surface area contributed by atoms with Gasteiger partial charge in [-0.1, -0.05) is 6.07 Å². The predicted octanol–water partition coefficient (Wildman–Crippen LogP) is 3.18. The number of carbonyl (C=O) groups excluding carboxylic acids is 1. The summed E-state index contributed by atoms with van der Waals surface area (Å²) in [5, 5.41) is 12.0. The maximum absolute atomic E-state index is 12.1. The largest absolute Gasteiger partial charge is 0.348 e. The third-order valence-corrected chi connectivity index (χ3v) is 4.02. The third kappa shape index (κ3) is 2.73. The summed E-state index contributed by atoms with van der Waals surface area (Å²) < 4.78 is 0.798. The van der Waals surface area contributed by atoms with E-state index in [2.05, 4.69) is 27.3 Å². The van der Waals surface area contributed by atoms with Crippen LogP contribution in [-0.4, -0.2) is 11.9 Å². The van der Waals surface area contributed by atoms with Gasteiger partial charge in [0.15, 0.2) is 0 Å². The lowest BCUT2D eigenvalue weighted by Crippen LogP contribution is -2.37. The van der Waals surface area contributed by atoms with Gasteiger partial charge >= 0.3 is 0 Å². The Balaban J connectivity index is 2.10. The maximum atomic E-state index is 12.1. The van der Waals surface area contributed by atoms with Gasteiger partial charge in [-0.15, -0.1) is 0 Å². The maximum Gasteiger partial charge on any atom is 0.252 e. The minimum atomic E-state index is -0.103. The number of benzene rings is 1. The van der Waals surface area contributed by atoms with E-state index in [0.29, 0.717) is 5.56 Å². The molecule has 94 valence electrons. The molecule has 0 bridgehead atoms. The van der Waals surface area contributed by atoms with Crippen molar-refractivity contribution in [1.82, 2.24) is 5.32 Å². The minimum absolute atomic E-state index is 0.00398. The van der Waals surface area contributed by atoms with Crippen molar-refractivity contribution in [2.24, 2.45) is 5.92 Å². The monoisotopic (exact) mass is 306 g/mol. The van der Waals surface area contributed by atoms with E-state index >= 15 is 0 Å². The number of nitrogens with zero attached hydrogens (tertiary/aromatic N) is 1. The lowest BCUT2D eigenvalue weighted by Gasteiger charge is -2.16. The van der Waals surface area contributed by atoms with Gasteiger partial charge in [-0.05, 0) is 59.8 Å². The standard InChI is InChI=1S/C14H15BrN2O/c1-9-5-6-11(12(15)7-9)14(18)17-13-4-2-3-10(13)8-16/h5-7,10,13H,2-4H2,1H3,(H,17,18). The van der Waals surface area contributed by atoms with Crippen LogP contribution >= 0.6 is 15.9 Å². The van der Waals surface area contributed by atoms with Gasteiger partial charge in [-0.3, -0.25) is 4.79 Å². The summed E-state index contributed by atoms with van der Waals surface area (Å²) in [7, 11) is 0. The Morgan fingerprint density at radius 2 is 2.28 bits per heavy atom. The van der Waals surface area contributed by atoms with E-state index in [4.69, 9.17) is 5.26 Å². The third-order valence-electron chi connectivity index (χ3n) is 3.37. The second kappa shape index (κ2) is 5.53. The van der Waals surface area contributed by atoms with Crippen molar-refractivity contribution >= 4 is 21.8 Å². The van der Waals surface area contributed by atoms with Gasteiger partial charge in [0, 0.05) is 10.5 Å². The molecule has 2 atom stereocenters. The molecule has 0 aromatic heterocycles. The summed E-state index contributed by atoms with van der Waals surface area (Å²) in [6.07, 6.45) is 2.79. The number of rotatable bonds is 2. The highest BCUT2D eigenvalue weighted by Gasteiger charge is 2.28. The van der Waals surface area contributed by atoms with E-state index in [-0.39, 0.29) is 17.9 Å². The Hall–Kier alpha value is -1.34. The molecule has 1 amide bonds. The smallest absolute Gasteiger partial charge is 0.252 e. The Bertz CT molecular complexity index is 507. The molecule has 0 aliphatic heterocycles. The lowest BCUT2D eigenvalue weighted by molar-refractivity contribution is 0.0932. The van der Waals surface area contributed by atoms with Crippen LogP contribution in [0.15, 0.2) is 22.7 Å². The van der Waals surface area contributed by atoms with E-state index in [1.165, 1.54) is 0 Å². The summed E-state index contributed by atoms with van der Waals surface area (Å²) in [5.41, 5.74) is 1.73. The number of carbonyl (C=O) groups is 1. The second-order valence-corrected chi connectivity index (χ2v) is 5.58. The fourth-order valence-electron chi connectivity index (χ4n) is 2.34. The highest BCUT2D eigenvalue weighted by Crippen LogP contribution is 2.26. The number of amides is 1. The van der Waals surface area contributed by atoms with Crippen LogP contribution in [-0.2, 0) is 0 Å². The number of hydrogen-bond donors (Lipinski definition) is 1. The molecule has 0 spiro atoms. The highest BCUT2D eigenvalue weighted by molar-refractivity contribution is 9.10. The van der Waals surface area contributed by atoms with E-state index in [9.17, 15) is 4.79 Å². The molecule has 1 aliphatic carbocycles. The molecular weight excluding hydrogens is 292 g/mol. The molecular formula is C14H15BrN2O. The van der Waals surface area contributed by atoms with Crippen LogP contribution in [0, 0.1) is 24.2 Å². The molecule has 4 heteroatoms. The Morgan fingerprint density at radius 1 is 1.50 bits per heavy atom. The Labute approximate surface area is 115 Å². The van der Waals surface area contributed by atoms with Gasteiger partial charge in [0.2, 0.25) is 0 Å². The summed E-state index contributed by atoms with van der Waals surface area (Å²) in [6.45, 7) is 1.98. The zero-order valence-corrected chi connectivity index (χ0v) is 11.8. The quantitative estimate of drug-likeness (QED) is 0.912. The summed E-state index contributed by atoms with van der Waals surface area (Å²) in [6, 6.07) is 7.91. The molecule has 1 aromatic carbocycles. The number of halogens is 1. The van der Waals surface area contributed by atoms with Crippen LogP contribution in [0.2, 0.25) is 0 Å². The van der Waals surface area contributed by atoms with E-state index in [1.54, 1.807) is 0 Å². The Kier molecular flexibility index (Phi) is 4.03. The zero-order chi connectivity index (χ0) is 13.1. The molecule has 1 aliphatic rings. The molecule has 0 heterocycles. The van der Waals surface area contributed by atoms with Gasteiger partial charge in [-0.2, -0.15) is 5.26 Å². The van der Waals surface area contributed by atoms with Gasteiger partial charge < -0.3 is 5.32 Å². The molecule has 0 saturated heterocycles. The van der Waals surface area contributed by atoms with Crippen LogP contribution in [0.5, 0.6) is 0 Å².